The number of rotatable bonds is 4. The number of aromatic nitrogens is 2. The number of nitro groups is 1. The van der Waals surface area contributed by atoms with Crippen molar-refractivity contribution in [2.75, 3.05) is 18.5 Å². The van der Waals surface area contributed by atoms with Gasteiger partial charge in [0.2, 0.25) is 5.13 Å². The fourth-order valence-electron chi connectivity index (χ4n) is 2.02. The fourth-order valence-corrected chi connectivity index (χ4v) is 2.70. The van der Waals surface area contributed by atoms with Gasteiger partial charge in [-0.3, -0.25) is 20.2 Å². The van der Waals surface area contributed by atoms with E-state index in [0.29, 0.717) is 25.4 Å². The van der Waals surface area contributed by atoms with E-state index in [4.69, 9.17) is 9.47 Å². The summed E-state index contributed by atoms with van der Waals surface area (Å²) in [6.45, 7) is 2.54. The molecule has 0 bridgehead atoms. The maximum absolute atomic E-state index is 12.3. The molecule has 9 nitrogen and oxygen atoms in total. The number of hydrogen-bond donors (Lipinski definition) is 1. The van der Waals surface area contributed by atoms with Crippen molar-refractivity contribution in [3.63, 3.8) is 0 Å². The van der Waals surface area contributed by atoms with Crippen LogP contribution in [0.1, 0.15) is 22.3 Å². The van der Waals surface area contributed by atoms with E-state index in [-0.39, 0.29) is 22.1 Å². The minimum Gasteiger partial charge on any atom is -0.486 e. The molecule has 0 spiro atoms. The highest BCUT2D eigenvalue weighted by atomic mass is 32.1. The minimum atomic E-state index is -0.646. The second kappa shape index (κ2) is 6.16. The van der Waals surface area contributed by atoms with Crippen LogP contribution < -0.4 is 14.8 Å². The molecule has 0 aliphatic carbocycles. The van der Waals surface area contributed by atoms with Gasteiger partial charge < -0.3 is 9.47 Å². The Morgan fingerprint density at radius 2 is 2.04 bits per heavy atom. The van der Waals surface area contributed by atoms with Gasteiger partial charge in [0.15, 0.2) is 11.5 Å². The number of amides is 1. The molecule has 0 atom stereocenters. The Morgan fingerprint density at radius 3 is 2.65 bits per heavy atom. The van der Waals surface area contributed by atoms with Crippen LogP contribution >= 0.6 is 11.3 Å². The first kappa shape index (κ1) is 15.2. The number of nitro benzene ring substituents is 1. The summed E-state index contributed by atoms with van der Waals surface area (Å²) in [6.07, 6.45) is 0.692. The number of carbonyl (C=O) groups is 1. The molecule has 1 aliphatic rings. The van der Waals surface area contributed by atoms with Crippen LogP contribution in [0.25, 0.3) is 0 Å². The number of anilines is 1. The zero-order valence-electron chi connectivity index (χ0n) is 12.1. The number of nitrogens with zero attached hydrogens (tertiary/aromatic N) is 3. The second-order valence-electron chi connectivity index (χ2n) is 4.58. The highest BCUT2D eigenvalue weighted by Gasteiger charge is 2.27. The summed E-state index contributed by atoms with van der Waals surface area (Å²) < 4.78 is 10.7. The van der Waals surface area contributed by atoms with E-state index in [0.717, 1.165) is 5.01 Å². The Morgan fingerprint density at radius 1 is 1.35 bits per heavy atom. The molecular weight excluding hydrogens is 324 g/mol. The average molecular weight is 336 g/mol. The first-order chi connectivity index (χ1) is 11.1. The molecule has 1 amide bonds. The average Bonchev–Trinajstić information content (AvgIpc) is 3.01. The van der Waals surface area contributed by atoms with E-state index < -0.39 is 10.8 Å². The van der Waals surface area contributed by atoms with Gasteiger partial charge >= 0.3 is 0 Å². The van der Waals surface area contributed by atoms with E-state index in [2.05, 4.69) is 15.5 Å². The molecule has 120 valence electrons. The zero-order valence-corrected chi connectivity index (χ0v) is 12.9. The quantitative estimate of drug-likeness (QED) is 0.670. The summed E-state index contributed by atoms with van der Waals surface area (Å²) >= 11 is 1.22. The Labute approximate surface area is 134 Å². The van der Waals surface area contributed by atoms with Gasteiger partial charge in [-0.25, -0.2) is 0 Å². The molecule has 0 saturated carbocycles. The molecule has 1 aromatic carbocycles. The Bertz CT molecular complexity index is 776. The highest BCUT2D eigenvalue weighted by molar-refractivity contribution is 7.15. The normalized spacial score (nSPS) is 12.7. The summed E-state index contributed by atoms with van der Waals surface area (Å²) in [4.78, 5) is 22.9. The monoisotopic (exact) mass is 336 g/mol. The molecule has 1 aromatic heterocycles. The zero-order chi connectivity index (χ0) is 16.4. The number of fused-ring (bicyclic) bond motifs is 1. The summed E-state index contributed by atoms with van der Waals surface area (Å²) in [6, 6.07) is 2.50. The van der Waals surface area contributed by atoms with E-state index in [1.54, 1.807) is 0 Å². The van der Waals surface area contributed by atoms with Crippen LogP contribution in [0.3, 0.4) is 0 Å². The molecule has 23 heavy (non-hydrogen) atoms. The molecule has 1 N–H and O–H groups in total. The lowest BCUT2D eigenvalue weighted by atomic mass is 10.1. The van der Waals surface area contributed by atoms with Crippen molar-refractivity contribution in [3.05, 3.63) is 32.8 Å². The van der Waals surface area contributed by atoms with Gasteiger partial charge in [-0.1, -0.05) is 18.3 Å². The van der Waals surface area contributed by atoms with Crippen molar-refractivity contribution in [2.45, 2.75) is 13.3 Å². The Kier molecular flexibility index (Phi) is 4.06. The van der Waals surface area contributed by atoms with Crippen LogP contribution in [0.5, 0.6) is 11.5 Å². The van der Waals surface area contributed by atoms with Crippen LogP contribution in [-0.4, -0.2) is 34.2 Å². The lowest BCUT2D eigenvalue weighted by Gasteiger charge is -2.18. The highest BCUT2D eigenvalue weighted by Crippen LogP contribution is 2.36. The molecule has 0 radical (unpaired) electrons. The smallest absolute Gasteiger partial charge is 0.286 e. The molecule has 10 heteroatoms. The maximum atomic E-state index is 12.3. The van der Waals surface area contributed by atoms with Crippen molar-refractivity contribution in [3.8, 4) is 11.5 Å². The Hall–Kier alpha value is -2.75. The summed E-state index contributed by atoms with van der Waals surface area (Å²) in [5.74, 6) is -0.0883. The largest absolute Gasteiger partial charge is 0.486 e. The van der Waals surface area contributed by atoms with Crippen molar-refractivity contribution >= 4 is 28.1 Å². The van der Waals surface area contributed by atoms with E-state index in [1.165, 1.54) is 23.5 Å². The number of hydrogen-bond acceptors (Lipinski definition) is 8. The van der Waals surface area contributed by atoms with E-state index in [1.807, 2.05) is 6.92 Å². The van der Waals surface area contributed by atoms with Crippen molar-refractivity contribution in [2.24, 2.45) is 0 Å². The van der Waals surface area contributed by atoms with Crippen LogP contribution in [0, 0.1) is 10.1 Å². The standard InChI is InChI=1S/C13H12N4O5S/c1-2-11-15-16-13(23-11)14-12(18)7-5-9-10(22-4-3-21-9)6-8(7)17(19)20/h5-6H,2-4H2,1H3,(H,14,16,18). The van der Waals surface area contributed by atoms with Crippen LogP contribution in [0.15, 0.2) is 12.1 Å². The first-order valence-electron chi connectivity index (χ1n) is 6.80. The third-order valence-electron chi connectivity index (χ3n) is 3.09. The van der Waals surface area contributed by atoms with Crippen LogP contribution in [-0.2, 0) is 6.42 Å². The van der Waals surface area contributed by atoms with Gasteiger partial charge in [0.05, 0.1) is 11.0 Å². The molecule has 1 aliphatic heterocycles. The van der Waals surface area contributed by atoms with Crippen LogP contribution in [0.2, 0.25) is 0 Å². The number of benzene rings is 1. The predicted octanol–water partition coefficient (Wildman–Crippen LogP) is 2.03. The fraction of sp³-hybridized carbons (Fsp3) is 0.308. The number of ether oxygens (including phenoxy) is 2. The number of carbonyl (C=O) groups excluding carboxylic acids is 1. The molecule has 3 rings (SSSR count). The third kappa shape index (κ3) is 3.06. The van der Waals surface area contributed by atoms with Gasteiger partial charge in [0.1, 0.15) is 23.8 Å². The van der Waals surface area contributed by atoms with Crippen molar-refractivity contribution in [1.29, 1.82) is 0 Å². The topological polar surface area (TPSA) is 116 Å². The summed E-state index contributed by atoms with van der Waals surface area (Å²) in [5.41, 5.74) is -0.473. The summed E-state index contributed by atoms with van der Waals surface area (Å²) in [7, 11) is 0. The maximum Gasteiger partial charge on any atom is 0.286 e. The molecule has 2 aromatic rings. The minimum absolute atomic E-state index is 0.118. The van der Waals surface area contributed by atoms with Gasteiger partial charge in [-0.05, 0) is 6.42 Å². The van der Waals surface area contributed by atoms with Gasteiger partial charge in [0.25, 0.3) is 11.6 Å². The second-order valence-corrected chi connectivity index (χ2v) is 5.64. The number of nitrogens with one attached hydrogen (secondary N) is 1. The van der Waals surface area contributed by atoms with E-state index in [9.17, 15) is 14.9 Å². The van der Waals surface area contributed by atoms with Crippen molar-refractivity contribution in [1.82, 2.24) is 10.2 Å². The first-order valence-corrected chi connectivity index (χ1v) is 7.62. The van der Waals surface area contributed by atoms with Gasteiger partial charge in [0, 0.05) is 6.07 Å². The van der Waals surface area contributed by atoms with E-state index >= 15 is 0 Å². The molecule has 0 saturated heterocycles. The van der Waals surface area contributed by atoms with Crippen molar-refractivity contribution < 1.29 is 19.2 Å². The van der Waals surface area contributed by atoms with Crippen LogP contribution in [0.4, 0.5) is 10.8 Å². The SMILES string of the molecule is CCc1nnc(NC(=O)c2cc3c(cc2[N+](=O)[O-])OCCO3)s1. The molecule has 0 fully saturated rings. The number of aryl methyl sites for hydroxylation is 1. The van der Waals surface area contributed by atoms with Gasteiger partial charge in [-0.15, -0.1) is 10.2 Å². The molecule has 2 heterocycles. The van der Waals surface area contributed by atoms with Gasteiger partial charge in [-0.2, -0.15) is 0 Å². The predicted molar refractivity (Wildman–Crippen MR) is 81.3 cm³/mol. The lowest BCUT2D eigenvalue weighted by Crippen LogP contribution is -2.18. The molecule has 0 unspecified atom stereocenters. The summed E-state index contributed by atoms with van der Waals surface area (Å²) in [5, 5.41) is 22.5. The Balaban J connectivity index is 1.93. The lowest BCUT2D eigenvalue weighted by molar-refractivity contribution is -0.385. The third-order valence-corrected chi connectivity index (χ3v) is 4.07. The molecular formula is C13H12N4O5S.